The van der Waals surface area contributed by atoms with Crippen molar-refractivity contribution in [3.63, 3.8) is 0 Å². The lowest BCUT2D eigenvalue weighted by Gasteiger charge is -2.23. The summed E-state index contributed by atoms with van der Waals surface area (Å²) in [7, 11) is 4.66. The Kier molecular flexibility index (Phi) is 3.13. The normalized spacial score (nSPS) is 29.5. The molecule has 1 unspecified atom stereocenters. The Hall–Kier alpha value is -0.0800. The smallest absolute Gasteiger partial charge is 0.135 e. The molecule has 0 aromatic rings. The van der Waals surface area contributed by atoms with Crippen LogP contribution < -0.4 is 0 Å². The average Bonchev–Trinajstić information content (AvgIpc) is 2.26. The van der Waals surface area contributed by atoms with Gasteiger partial charge in [-0.25, -0.2) is 4.90 Å². The molecule has 72 valence electrons. The average molecular weight is 171 g/mol. The highest BCUT2D eigenvalue weighted by Crippen LogP contribution is 2.19. The fourth-order valence-corrected chi connectivity index (χ4v) is 2.28. The minimum atomic E-state index is 0.833. The summed E-state index contributed by atoms with van der Waals surface area (Å²) >= 11 is 0. The van der Waals surface area contributed by atoms with E-state index in [1.54, 1.807) is 0 Å². The van der Waals surface area contributed by atoms with Gasteiger partial charge in [-0.15, -0.1) is 0 Å². The van der Waals surface area contributed by atoms with E-state index in [2.05, 4.69) is 32.8 Å². The van der Waals surface area contributed by atoms with E-state index < -0.39 is 0 Å². The van der Waals surface area contributed by atoms with Crippen molar-refractivity contribution in [3.8, 4) is 0 Å². The fraction of sp³-hybridized carbons (Fsp3) is 1.00. The maximum Gasteiger partial charge on any atom is 0.135 e. The van der Waals surface area contributed by atoms with Crippen LogP contribution in [0.25, 0.3) is 0 Å². The first-order chi connectivity index (χ1) is 5.59. The van der Waals surface area contributed by atoms with Crippen molar-refractivity contribution in [1.82, 2.24) is 4.90 Å². The molecule has 0 N–H and O–H groups in total. The molecule has 0 amide bonds. The summed E-state index contributed by atoms with van der Waals surface area (Å²) in [5, 5.41) is 0. The second kappa shape index (κ2) is 3.75. The monoisotopic (exact) mass is 171 g/mol. The molecule has 0 bridgehead atoms. The van der Waals surface area contributed by atoms with Gasteiger partial charge in [0.05, 0.1) is 26.7 Å². The van der Waals surface area contributed by atoms with E-state index in [0.29, 0.717) is 0 Å². The SMILES string of the molecule is CCCN1C[N+](C)(C)CC1CC. The molecule has 0 saturated carbocycles. The Morgan fingerprint density at radius 2 is 2.00 bits per heavy atom. The van der Waals surface area contributed by atoms with Crippen molar-refractivity contribution in [2.24, 2.45) is 0 Å². The largest absolute Gasteiger partial charge is 0.315 e. The van der Waals surface area contributed by atoms with Crippen LogP contribution in [0.2, 0.25) is 0 Å². The summed E-state index contributed by atoms with van der Waals surface area (Å²) in [6, 6.07) is 0.833. The molecule has 0 aliphatic carbocycles. The van der Waals surface area contributed by atoms with Gasteiger partial charge in [-0.1, -0.05) is 13.8 Å². The second-order valence-corrected chi connectivity index (χ2v) is 4.63. The highest BCUT2D eigenvalue weighted by Gasteiger charge is 2.35. The summed E-state index contributed by atoms with van der Waals surface area (Å²) in [6.45, 7) is 8.42. The van der Waals surface area contributed by atoms with Gasteiger partial charge in [0.2, 0.25) is 0 Å². The lowest BCUT2D eigenvalue weighted by molar-refractivity contribution is -0.883. The van der Waals surface area contributed by atoms with E-state index in [4.69, 9.17) is 0 Å². The van der Waals surface area contributed by atoms with Crippen molar-refractivity contribution < 1.29 is 4.48 Å². The third-order valence-corrected chi connectivity index (χ3v) is 2.77. The molecule has 0 aromatic carbocycles. The van der Waals surface area contributed by atoms with E-state index in [9.17, 15) is 0 Å². The van der Waals surface area contributed by atoms with Crippen molar-refractivity contribution in [1.29, 1.82) is 0 Å². The van der Waals surface area contributed by atoms with Gasteiger partial charge in [0.25, 0.3) is 0 Å². The first-order valence-electron chi connectivity index (χ1n) is 5.15. The summed E-state index contributed by atoms with van der Waals surface area (Å²) in [5.74, 6) is 0. The Morgan fingerprint density at radius 1 is 1.33 bits per heavy atom. The van der Waals surface area contributed by atoms with Gasteiger partial charge < -0.3 is 4.48 Å². The highest BCUT2D eigenvalue weighted by molar-refractivity contribution is 4.72. The van der Waals surface area contributed by atoms with Crippen LogP contribution in [0.4, 0.5) is 0 Å². The topological polar surface area (TPSA) is 3.24 Å². The zero-order chi connectivity index (χ0) is 9.19. The Bertz CT molecular complexity index is 143. The molecular formula is C10H23N2+. The molecule has 1 saturated heterocycles. The maximum atomic E-state index is 2.64. The van der Waals surface area contributed by atoms with Gasteiger partial charge in [0.1, 0.15) is 6.67 Å². The molecule has 1 fully saturated rings. The molecule has 0 aromatic heterocycles. The highest BCUT2D eigenvalue weighted by atomic mass is 15.5. The number of hydrogen-bond acceptors (Lipinski definition) is 1. The number of rotatable bonds is 3. The lowest BCUT2D eigenvalue weighted by atomic mass is 10.2. The molecule has 2 heteroatoms. The quantitative estimate of drug-likeness (QED) is 0.582. The van der Waals surface area contributed by atoms with Gasteiger partial charge in [-0.2, -0.15) is 0 Å². The minimum absolute atomic E-state index is 0.833. The first kappa shape index (κ1) is 10.0. The molecule has 1 aliphatic rings. The van der Waals surface area contributed by atoms with Gasteiger partial charge >= 0.3 is 0 Å². The molecule has 1 aliphatic heterocycles. The number of quaternary nitrogens is 1. The number of nitrogens with zero attached hydrogens (tertiary/aromatic N) is 2. The van der Waals surface area contributed by atoms with E-state index in [1.807, 2.05) is 0 Å². The third kappa shape index (κ3) is 2.20. The fourth-order valence-electron chi connectivity index (χ4n) is 2.28. The predicted octanol–water partition coefficient (Wildman–Crippen LogP) is 1.52. The summed E-state index contributed by atoms with van der Waals surface area (Å²) in [6.07, 6.45) is 2.60. The van der Waals surface area contributed by atoms with Crippen molar-refractivity contribution in [2.45, 2.75) is 32.7 Å². The second-order valence-electron chi connectivity index (χ2n) is 4.63. The zero-order valence-corrected chi connectivity index (χ0v) is 9.01. The van der Waals surface area contributed by atoms with E-state index in [1.165, 1.54) is 37.1 Å². The molecule has 1 rings (SSSR count). The summed E-state index contributed by atoms with van der Waals surface area (Å²) in [4.78, 5) is 2.64. The summed E-state index contributed by atoms with van der Waals surface area (Å²) < 4.78 is 1.18. The van der Waals surface area contributed by atoms with Crippen LogP contribution in [0.1, 0.15) is 26.7 Å². The van der Waals surface area contributed by atoms with E-state index in [0.717, 1.165) is 6.04 Å². The van der Waals surface area contributed by atoms with E-state index in [-0.39, 0.29) is 0 Å². The molecular weight excluding hydrogens is 148 g/mol. The van der Waals surface area contributed by atoms with Gasteiger partial charge in [0, 0.05) is 6.54 Å². The molecule has 0 spiro atoms. The van der Waals surface area contributed by atoms with Crippen LogP contribution >= 0.6 is 0 Å². The van der Waals surface area contributed by atoms with Crippen LogP contribution in [-0.2, 0) is 0 Å². The lowest BCUT2D eigenvalue weighted by Crippen LogP contribution is -2.38. The first-order valence-corrected chi connectivity index (χ1v) is 5.15. The maximum absolute atomic E-state index is 2.64. The van der Waals surface area contributed by atoms with Crippen molar-refractivity contribution in [3.05, 3.63) is 0 Å². The van der Waals surface area contributed by atoms with Crippen molar-refractivity contribution in [2.75, 3.05) is 33.9 Å². The van der Waals surface area contributed by atoms with Gasteiger partial charge in [0.15, 0.2) is 0 Å². The molecule has 12 heavy (non-hydrogen) atoms. The van der Waals surface area contributed by atoms with Crippen molar-refractivity contribution >= 4 is 0 Å². The Labute approximate surface area is 76.7 Å². The minimum Gasteiger partial charge on any atom is -0.315 e. The Balaban J connectivity index is 2.50. The molecule has 2 nitrogen and oxygen atoms in total. The predicted molar refractivity (Wildman–Crippen MR) is 52.9 cm³/mol. The van der Waals surface area contributed by atoms with E-state index >= 15 is 0 Å². The van der Waals surface area contributed by atoms with Crippen LogP contribution in [0.3, 0.4) is 0 Å². The standard InChI is InChI=1S/C10H23N2/c1-5-7-11-9-12(3,4)8-10(11)6-2/h10H,5-9H2,1-4H3/q+1. The molecule has 0 radical (unpaired) electrons. The van der Waals surface area contributed by atoms with Crippen LogP contribution in [0.15, 0.2) is 0 Å². The van der Waals surface area contributed by atoms with Crippen LogP contribution in [0.5, 0.6) is 0 Å². The summed E-state index contributed by atoms with van der Waals surface area (Å²) in [5.41, 5.74) is 0. The Morgan fingerprint density at radius 3 is 2.50 bits per heavy atom. The van der Waals surface area contributed by atoms with Gasteiger partial charge in [-0.3, -0.25) is 0 Å². The zero-order valence-electron chi connectivity index (χ0n) is 9.01. The van der Waals surface area contributed by atoms with Crippen LogP contribution in [-0.4, -0.2) is 49.3 Å². The number of likely N-dealkylation sites (N-methyl/N-ethyl adjacent to an activating group) is 1. The number of hydrogen-bond donors (Lipinski definition) is 0. The molecule has 1 atom stereocenters. The van der Waals surface area contributed by atoms with Crippen LogP contribution in [0, 0.1) is 0 Å². The van der Waals surface area contributed by atoms with Gasteiger partial charge in [-0.05, 0) is 12.8 Å². The third-order valence-electron chi connectivity index (χ3n) is 2.77. The molecule has 1 heterocycles.